The first-order valence-electron chi connectivity index (χ1n) is 14.6. The first kappa shape index (κ1) is 30.3. The third-order valence-corrected chi connectivity index (χ3v) is 8.72. The van der Waals surface area contributed by atoms with Crippen LogP contribution in [-0.2, 0) is 9.53 Å². The summed E-state index contributed by atoms with van der Waals surface area (Å²) >= 11 is 6.43. The van der Waals surface area contributed by atoms with Gasteiger partial charge in [0.2, 0.25) is 5.88 Å². The zero-order valence-electron chi connectivity index (χ0n) is 24.2. The van der Waals surface area contributed by atoms with Crippen LogP contribution in [0.3, 0.4) is 0 Å². The fourth-order valence-corrected chi connectivity index (χ4v) is 6.21. The third-order valence-electron chi connectivity index (χ3n) is 8.43. The van der Waals surface area contributed by atoms with Crippen molar-refractivity contribution in [3.05, 3.63) is 41.6 Å². The van der Waals surface area contributed by atoms with Gasteiger partial charge in [-0.25, -0.2) is 4.98 Å². The molecule has 5 atom stereocenters. The van der Waals surface area contributed by atoms with Gasteiger partial charge in [-0.2, -0.15) is 0 Å². The van der Waals surface area contributed by atoms with Crippen molar-refractivity contribution in [3.8, 4) is 11.6 Å². The molecule has 9 heteroatoms. The fourth-order valence-electron chi connectivity index (χ4n) is 5.99. The van der Waals surface area contributed by atoms with E-state index in [9.17, 15) is 9.90 Å². The van der Waals surface area contributed by atoms with Gasteiger partial charge in [-0.05, 0) is 36.6 Å². The third kappa shape index (κ3) is 7.52. The predicted molar refractivity (Wildman–Crippen MR) is 159 cm³/mol. The van der Waals surface area contributed by atoms with E-state index in [0.29, 0.717) is 29.3 Å². The summed E-state index contributed by atoms with van der Waals surface area (Å²) in [6.07, 6.45) is 6.13. The summed E-state index contributed by atoms with van der Waals surface area (Å²) in [6, 6.07) is 9.96. The SMILES string of the molecule is CCCCCOCC1CN(c2ccc(OC3CCN(c4cc(OC)ncc4Cl)CC3C)cc2)C(CC(=O)O)C1C. The molecule has 2 saturated heterocycles. The highest BCUT2D eigenvalue weighted by molar-refractivity contribution is 6.33. The molecule has 0 aliphatic carbocycles. The highest BCUT2D eigenvalue weighted by Gasteiger charge is 2.40. The number of aliphatic carboxylic acids is 1. The molecule has 2 aliphatic heterocycles. The van der Waals surface area contributed by atoms with Crippen molar-refractivity contribution in [3.63, 3.8) is 0 Å². The van der Waals surface area contributed by atoms with E-state index < -0.39 is 5.97 Å². The van der Waals surface area contributed by atoms with Crippen molar-refractivity contribution in [1.82, 2.24) is 4.98 Å². The van der Waals surface area contributed by atoms with Gasteiger partial charge in [0.1, 0.15) is 11.9 Å². The Morgan fingerprint density at radius 2 is 1.95 bits per heavy atom. The van der Waals surface area contributed by atoms with Crippen LogP contribution in [0.5, 0.6) is 11.6 Å². The molecule has 0 amide bonds. The second-order valence-electron chi connectivity index (χ2n) is 11.3. The summed E-state index contributed by atoms with van der Waals surface area (Å²) < 4.78 is 17.7. The monoisotopic (exact) mass is 573 g/mol. The zero-order chi connectivity index (χ0) is 28.6. The van der Waals surface area contributed by atoms with E-state index in [-0.39, 0.29) is 24.5 Å². The van der Waals surface area contributed by atoms with Crippen LogP contribution in [0.4, 0.5) is 11.4 Å². The highest BCUT2D eigenvalue weighted by Crippen LogP contribution is 2.37. The van der Waals surface area contributed by atoms with Crippen LogP contribution in [0, 0.1) is 17.8 Å². The molecule has 2 aromatic rings. The van der Waals surface area contributed by atoms with Crippen LogP contribution >= 0.6 is 11.6 Å². The number of carboxylic acid groups (broad SMARTS) is 1. The van der Waals surface area contributed by atoms with E-state index >= 15 is 0 Å². The number of benzene rings is 1. The van der Waals surface area contributed by atoms with Gasteiger partial charge in [0.15, 0.2) is 0 Å². The summed E-state index contributed by atoms with van der Waals surface area (Å²) in [7, 11) is 1.60. The molecule has 1 aromatic heterocycles. The predicted octanol–water partition coefficient (Wildman–Crippen LogP) is 6.16. The maximum absolute atomic E-state index is 11.7. The number of anilines is 2. The highest BCUT2D eigenvalue weighted by atomic mass is 35.5. The van der Waals surface area contributed by atoms with E-state index in [1.165, 1.54) is 12.8 Å². The molecule has 1 N–H and O–H groups in total. The number of nitrogens with zero attached hydrogens (tertiary/aromatic N) is 3. The second kappa shape index (κ2) is 14.3. The van der Waals surface area contributed by atoms with Gasteiger partial charge in [0.05, 0.1) is 37.0 Å². The molecule has 220 valence electrons. The Labute approximate surface area is 243 Å². The Bertz CT molecular complexity index is 1100. The number of carbonyl (C=O) groups is 1. The minimum absolute atomic E-state index is 0.0588. The van der Waals surface area contributed by atoms with Crippen LogP contribution in [0.2, 0.25) is 5.02 Å². The lowest BCUT2D eigenvalue weighted by atomic mass is 9.91. The van der Waals surface area contributed by atoms with Gasteiger partial charge in [0, 0.05) is 62.3 Å². The topological polar surface area (TPSA) is 84.4 Å². The molecule has 0 spiro atoms. The average molecular weight is 574 g/mol. The molecule has 40 heavy (non-hydrogen) atoms. The van der Waals surface area contributed by atoms with Crippen LogP contribution < -0.4 is 19.3 Å². The maximum Gasteiger partial charge on any atom is 0.305 e. The number of halogens is 1. The number of aromatic nitrogens is 1. The Balaban J connectivity index is 1.36. The molecule has 2 aliphatic rings. The Morgan fingerprint density at radius 1 is 1.18 bits per heavy atom. The number of rotatable bonds is 13. The Hall–Kier alpha value is -2.71. The van der Waals surface area contributed by atoms with Crippen molar-refractivity contribution in [2.24, 2.45) is 17.8 Å². The number of unbranched alkanes of at least 4 members (excludes halogenated alkanes) is 2. The lowest BCUT2D eigenvalue weighted by molar-refractivity contribution is -0.137. The molecular weight excluding hydrogens is 530 g/mol. The summed E-state index contributed by atoms with van der Waals surface area (Å²) in [5, 5.41) is 10.2. The van der Waals surface area contributed by atoms with E-state index in [4.69, 9.17) is 25.8 Å². The van der Waals surface area contributed by atoms with Crippen LogP contribution in [0.1, 0.15) is 52.9 Å². The van der Waals surface area contributed by atoms with E-state index in [1.807, 2.05) is 18.2 Å². The van der Waals surface area contributed by atoms with Gasteiger partial charge in [0.25, 0.3) is 0 Å². The standard InChI is InChI=1S/C31H44ClN3O5/c1-5-6-7-14-39-20-23-19-35(27(22(23)3)16-31(36)37)24-8-10-25(11-9-24)40-29-12-13-34(18-21(29)2)28-15-30(38-4)33-17-26(28)32/h8-11,15,17,21-23,27,29H,5-7,12-14,16,18-20H2,1-4H3,(H,36,37). The van der Waals surface area contributed by atoms with Gasteiger partial charge in [-0.15, -0.1) is 0 Å². The molecular formula is C31H44ClN3O5. The largest absolute Gasteiger partial charge is 0.490 e. The minimum Gasteiger partial charge on any atom is -0.490 e. The van der Waals surface area contributed by atoms with Gasteiger partial charge < -0.3 is 29.1 Å². The van der Waals surface area contributed by atoms with Crippen LogP contribution in [-0.4, -0.2) is 68.2 Å². The second-order valence-corrected chi connectivity index (χ2v) is 11.7. The average Bonchev–Trinajstić information content (AvgIpc) is 3.24. The van der Waals surface area contributed by atoms with Crippen molar-refractivity contribution < 1.29 is 24.1 Å². The molecule has 8 nitrogen and oxygen atoms in total. The number of piperidine rings is 1. The van der Waals surface area contributed by atoms with E-state index in [2.05, 4.69) is 47.7 Å². The van der Waals surface area contributed by atoms with Gasteiger partial charge in [-0.1, -0.05) is 45.2 Å². The fraction of sp³-hybridized carbons (Fsp3) is 0.613. The molecule has 3 heterocycles. The number of methoxy groups -OCH3 is 1. The summed E-state index contributed by atoms with van der Waals surface area (Å²) in [5.74, 6) is 1.45. The minimum atomic E-state index is -0.766. The number of hydrogen-bond donors (Lipinski definition) is 1. The first-order valence-corrected chi connectivity index (χ1v) is 15.0. The lowest BCUT2D eigenvalue weighted by Gasteiger charge is -2.38. The molecule has 0 saturated carbocycles. The number of carboxylic acids is 1. The normalized spacial score (nSPS) is 24.8. The smallest absolute Gasteiger partial charge is 0.305 e. The van der Waals surface area contributed by atoms with Crippen molar-refractivity contribution in [2.45, 2.75) is 65.0 Å². The number of pyridine rings is 1. The lowest BCUT2D eigenvalue weighted by Crippen LogP contribution is -2.44. The van der Waals surface area contributed by atoms with E-state index in [1.54, 1.807) is 13.3 Å². The molecule has 1 aromatic carbocycles. The Kier molecular flexibility index (Phi) is 10.8. The van der Waals surface area contributed by atoms with Crippen molar-refractivity contribution in [2.75, 3.05) is 49.8 Å². The van der Waals surface area contributed by atoms with Gasteiger partial charge in [-0.3, -0.25) is 4.79 Å². The van der Waals surface area contributed by atoms with Crippen LogP contribution in [0.25, 0.3) is 0 Å². The number of hydrogen-bond acceptors (Lipinski definition) is 7. The summed E-state index contributed by atoms with van der Waals surface area (Å²) in [5.41, 5.74) is 1.96. The Morgan fingerprint density at radius 3 is 2.62 bits per heavy atom. The first-order chi connectivity index (χ1) is 19.3. The molecule has 5 unspecified atom stereocenters. The molecule has 2 fully saturated rings. The molecule has 4 rings (SSSR count). The van der Waals surface area contributed by atoms with Crippen molar-refractivity contribution in [1.29, 1.82) is 0 Å². The summed E-state index contributed by atoms with van der Waals surface area (Å²) in [4.78, 5) is 20.4. The van der Waals surface area contributed by atoms with Gasteiger partial charge >= 0.3 is 5.97 Å². The van der Waals surface area contributed by atoms with E-state index in [0.717, 1.165) is 56.2 Å². The molecule has 0 bridgehead atoms. The quantitative estimate of drug-likeness (QED) is 0.285. The maximum atomic E-state index is 11.7. The van der Waals surface area contributed by atoms with Crippen LogP contribution in [0.15, 0.2) is 36.5 Å². The summed E-state index contributed by atoms with van der Waals surface area (Å²) in [6.45, 7) is 10.4. The molecule has 0 radical (unpaired) electrons. The zero-order valence-corrected chi connectivity index (χ0v) is 25.0. The number of ether oxygens (including phenoxy) is 3. The van der Waals surface area contributed by atoms with Crippen molar-refractivity contribution >= 4 is 28.9 Å².